The SMILES string of the molecule is CC(C)(C)OC(=O)N1C(C=Cc2ccc(NC(=O)Nc3ccc(Cl)cc3)cc2)COC1(C)C. The van der Waals surface area contributed by atoms with Crippen LogP contribution in [0.15, 0.2) is 54.6 Å². The van der Waals surface area contributed by atoms with Crippen LogP contribution in [0.2, 0.25) is 5.02 Å². The van der Waals surface area contributed by atoms with Crippen LogP contribution >= 0.6 is 11.6 Å². The fourth-order valence-electron chi connectivity index (χ4n) is 3.37. The molecule has 33 heavy (non-hydrogen) atoms. The van der Waals surface area contributed by atoms with Crippen molar-refractivity contribution in [3.05, 3.63) is 65.2 Å². The fraction of sp³-hybridized carbons (Fsp3) is 0.360. The van der Waals surface area contributed by atoms with E-state index < -0.39 is 17.4 Å². The Bertz CT molecular complexity index is 1010. The smallest absolute Gasteiger partial charge is 0.413 e. The normalized spacial score (nSPS) is 17.8. The molecule has 0 spiro atoms. The molecule has 2 aromatic rings. The van der Waals surface area contributed by atoms with Crippen molar-refractivity contribution in [2.75, 3.05) is 17.2 Å². The molecule has 1 aliphatic rings. The average molecular weight is 472 g/mol. The lowest BCUT2D eigenvalue weighted by atomic mass is 10.1. The Labute approximate surface area is 199 Å². The number of hydrogen-bond acceptors (Lipinski definition) is 4. The van der Waals surface area contributed by atoms with Gasteiger partial charge >= 0.3 is 12.1 Å². The number of carbonyl (C=O) groups is 2. The van der Waals surface area contributed by atoms with Crippen molar-refractivity contribution in [2.24, 2.45) is 0 Å². The van der Waals surface area contributed by atoms with E-state index in [2.05, 4.69) is 10.6 Å². The van der Waals surface area contributed by atoms with Crippen LogP contribution in [0.1, 0.15) is 40.2 Å². The van der Waals surface area contributed by atoms with E-state index in [4.69, 9.17) is 21.1 Å². The molecule has 3 rings (SSSR count). The Morgan fingerprint density at radius 2 is 1.61 bits per heavy atom. The highest BCUT2D eigenvalue weighted by Gasteiger charge is 2.44. The monoisotopic (exact) mass is 471 g/mol. The summed E-state index contributed by atoms with van der Waals surface area (Å²) in [7, 11) is 0. The van der Waals surface area contributed by atoms with Crippen LogP contribution < -0.4 is 10.6 Å². The van der Waals surface area contributed by atoms with E-state index in [1.807, 2.05) is 71.0 Å². The second-order valence-electron chi connectivity index (χ2n) is 9.24. The number of anilines is 2. The van der Waals surface area contributed by atoms with Gasteiger partial charge < -0.3 is 20.1 Å². The van der Waals surface area contributed by atoms with E-state index in [1.54, 1.807) is 29.2 Å². The summed E-state index contributed by atoms with van der Waals surface area (Å²) in [6.07, 6.45) is 3.43. The van der Waals surface area contributed by atoms with Gasteiger partial charge in [0.1, 0.15) is 11.3 Å². The van der Waals surface area contributed by atoms with Gasteiger partial charge in [-0.2, -0.15) is 0 Å². The molecule has 1 aliphatic heterocycles. The van der Waals surface area contributed by atoms with E-state index in [0.717, 1.165) is 5.56 Å². The molecule has 1 unspecified atom stereocenters. The number of urea groups is 1. The predicted molar refractivity (Wildman–Crippen MR) is 131 cm³/mol. The van der Waals surface area contributed by atoms with Crippen molar-refractivity contribution in [1.29, 1.82) is 0 Å². The van der Waals surface area contributed by atoms with Crippen molar-refractivity contribution in [2.45, 2.75) is 52.0 Å². The molecule has 3 amide bonds. The van der Waals surface area contributed by atoms with Crippen molar-refractivity contribution >= 4 is 41.2 Å². The first-order valence-corrected chi connectivity index (χ1v) is 11.1. The first kappa shape index (κ1) is 24.6. The zero-order chi connectivity index (χ0) is 24.2. The van der Waals surface area contributed by atoms with Gasteiger partial charge in [-0.3, -0.25) is 4.90 Å². The van der Waals surface area contributed by atoms with Crippen LogP contribution in [-0.4, -0.2) is 41.0 Å². The predicted octanol–water partition coefficient (Wildman–Crippen LogP) is 6.37. The molecule has 8 heteroatoms. The topological polar surface area (TPSA) is 79.9 Å². The molecule has 1 atom stereocenters. The van der Waals surface area contributed by atoms with Crippen LogP contribution in [0.3, 0.4) is 0 Å². The minimum atomic E-state index is -0.761. The number of halogens is 1. The van der Waals surface area contributed by atoms with E-state index in [1.165, 1.54) is 0 Å². The molecular weight excluding hydrogens is 442 g/mol. The molecule has 0 radical (unpaired) electrons. The number of benzene rings is 2. The number of rotatable bonds is 4. The minimum Gasteiger partial charge on any atom is -0.444 e. The van der Waals surface area contributed by atoms with E-state index in [0.29, 0.717) is 23.0 Å². The van der Waals surface area contributed by atoms with Gasteiger partial charge in [0.05, 0.1) is 12.6 Å². The minimum absolute atomic E-state index is 0.252. The van der Waals surface area contributed by atoms with Crippen molar-refractivity contribution in [3.63, 3.8) is 0 Å². The molecular formula is C25H30ClN3O4. The second-order valence-corrected chi connectivity index (χ2v) is 9.68. The molecule has 176 valence electrons. The van der Waals surface area contributed by atoms with Gasteiger partial charge in [0, 0.05) is 16.4 Å². The van der Waals surface area contributed by atoms with Gasteiger partial charge in [-0.25, -0.2) is 9.59 Å². The van der Waals surface area contributed by atoms with E-state index in [9.17, 15) is 9.59 Å². The summed E-state index contributed by atoms with van der Waals surface area (Å²) >= 11 is 5.86. The number of nitrogens with one attached hydrogen (secondary N) is 2. The molecule has 1 saturated heterocycles. The van der Waals surface area contributed by atoms with Crippen LogP contribution in [0, 0.1) is 0 Å². The highest BCUT2D eigenvalue weighted by atomic mass is 35.5. The molecule has 0 bridgehead atoms. The van der Waals surface area contributed by atoms with Gasteiger partial charge in [0.15, 0.2) is 0 Å². The summed E-state index contributed by atoms with van der Waals surface area (Å²) in [5.74, 6) is 0. The molecule has 1 heterocycles. The molecule has 0 aromatic heterocycles. The number of carbonyl (C=O) groups excluding carboxylic acids is 2. The van der Waals surface area contributed by atoms with Crippen molar-refractivity contribution in [3.8, 4) is 0 Å². The Balaban J connectivity index is 1.61. The first-order chi connectivity index (χ1) is 15.4. The number of amides is 3. The van der Waals surface area contributed by atoms with Crippen LogP contribution in [0.4, 0.5) is 21.0 Å². The third-order valence-electron chi connectivity index (χ3n) is 4.89. The zero-order valence-corrected chi connectivity index (χ0v) is 20.3. The zero-order valence-electron chi connectivity index (χ0n) is 19.5. The molecule has 1 fully saturated rings. The fourth-order valence-corrected chi connectivity index (χ4v) is 3.49. The summed E-state index contributed by atoms with van der Waals surface area (Å²) in [6.45, 7) is 9.59. The second kappa shape index (κ2) is 9.85. The van der Waals surface area contributed by atoms with Crippen molar-refractivity contribution in [1.82, 2.24) is 4.90 Å². The summed E-state index contributed by atoms with van der Waals surface area (Å²) in [4.78, 5) is 26.5. The Hall–Kier alpha value is -3.03. The average Bonchev–Trinajstić information content (AvgIpc) is 3.02. The Kier molecular flexibility index (Phi) is 7.34. The highest BCUT2D eigenvalue weighted by molar-refractivity contribution is 6.30. The molecule has 7 nitrogen and oxygen atoms in total. The lowest BCUT2D eigenvalue weighted by molar-refractivity contribution is -0.0610. The van der Waals surface area contributed by atoms with E-state index in [-0.39, 0.29) is 12.1 Å². The number of hydrogen-bond donors (Lipinski definition) is 2. The van der Waals surface area contributed by atoms with Crippen LogP contribution in [0.5, 0.6) is 0 Å². The highest BCUT2D eigenvalue weighted by Crippen LogP contribution is 2.30. The molecule has 0 aliphatic carbocycles. The first-order valence-electron chi connectivity index (χ1n) is 10.7. The van der Waals surface area contributed by atoms with E-state index >= 15 is 0 Å². The van der Waals surface area contributed by atoms with Crippen molar-refractivity contribution < 1.29 is 19.1 Å². The maximum absolute atomic E-state index is 12.7. The molecule has 2 N–H and O–H groups in total. The summed E-state index contributed by atoms with van der Waals surface area (Å²) < 4.78 is 11.4. The van der Waals surface area contributed by atoms with Gasteiger partial charge in [-0.05, 0) is 76.6 Å². The summed E-state index contributed by atoms with van der Waals surface area (Å²) in [5, 5.41) is 6.14. The number of nitrogens with zero attached hydrogens (tertiary/aromatic N) is 1. The Morgan fingerprint density at radius 1 is 1.06 bits per heavy atom. The summed E-state index contributed by atoms with van der Waals surface area (Å²) in [6, 6.07) is 13.6. The third kappa shape index (κ3) is 6.97. The van der Waals surface area contributed by atoms with Gasteiger partial charge in [-0.1, -0.05) is 35.9 Å². The third-order valence-corrected chi connectivity index (χ3v) is 5.14. The van der Waals surface area contributed by atoms with Gasteiger partial charge in [0.25, 0.3) is 0 Å². The summed E-state index contributed by atoms with van der Waals surface area (Å²) in [5.41, 5.74) is 0.870. The van der Waals surface area contributed by atoms with Crippen LogP contribution in [-0.2, 0) is 9.47 Å². The molecule has 0 saturated carbocycles. The maximum Gasteiger partial charge on any atom is 0.413 e. The Morgan fingerprint density at radius 3 is 2.15 bits per heavy atom. The molecule has 2 aromatic carbocycles. The van der Waals surface area contributed by atoms with Gasteiger partial charge in [0.2, 0.25) is 0 Å². The van der Waals surface area contributed by atoms with Gasteiger partial charge in [-0.15, -0.1) is 0 Å². The van der Waals surface area contributed by atoms with Crippen LogP contribution in [0.25, 0.3) is 6.08 Å². The standard InChI is InChI=1S/C25H30ClN3O4/c1-24(2,3)33-23(31)29-21(16-32-25(29,4)5)15-8-17-6-11-19(12-7-17)27-22(30)28-20-13-9-18(26)10-14-20/h6-15,21H,16H2,1-5H3,(H2,27,28,30). The quantitative estimate of drug-likeness (QED) is 0.543. The largest absolute Gasteiger partial charge is 0.444 e. The lowest BCUT2D eigenvalue weighted by Crippen LogP contribution is -2.49. The number of ether oxygens (including phenoxy) is 2. The maximum atomic E-state index is 12.7. The lowest BCUT2D eigenvalue weighted by Gasteiger charge is -2.34.